The Balaban J connectivity index is 2.00. The minimum atomic E-state index is -4.76. The maximum atomic E-state index is 14.3. The number of halogens is 7. The van der Waals surface area contributed by atoms with E-state index in [4.69, 9.17) is 0 Å². The quantitative estimate of drug-likeness (QED) is 0.244. The fourth-order valence-electron chi connectivity index (χ4n) is 4.38. The molecule has 202 valence electrons. The molecule has 0 unspecified atom stereocenters. The molecule has 0 atom stereocenters. The summed E-state index contributed by atoms with van der Waals surface area (Å²) in [5.74, 6) is -1.56. The molecule has 0 aliphatic carbocycles. The number of amides is 1. The van der Waals surface area contributed by atoms with Gasteiger partial charge in [0.05, 0.1) is 16.7 Å². The van der Waals surface area contributed by atoms with E-state index < -0.39 is 40.7 Å². The Kier molecular flexibility index (Phi) is 7.54. The fraction of sp³-hybridized carbons (Fsp3) is 0.167. The zero-order chi connectivity index (χ0) is 28.4. The molecule has 0 saturated carbocycles. The van der Waals surface area contributed by atoms with E-state index in [1.165, 1.54) is 31.2 Å². The number of nitrogens with one attached hydrogen (secondary N) is 1. The Labute approximate surface area is 220 Å². The third-order valence-corrected chi connectivity index (χ3v) is 6.44. The Bertz CT molecular complexity index is 1420. The highest BCUT2D eigenvalue weighted by Gasteiger charge is 2.41. The summed E-state index contributed by atoms with van der Waals surface area (Å²) in [5, 5.41) is 2.69. The predicted octanol–water partition coefficient (Wildman–Crippen LogP) is 8.09. The first kappa shape index (κ1) is 27.9. The summed E-state index contributed by atoms with van der Waals surface area (Å²) < 4.78 is 96.7. The van der Waals surface area contributed by atoms with E-state index in [1.54, 1.807) is 30.3 Å². The molecule has 0 aliphatic heterocycles. The normalized spacial score (nSPS) is 12.3. The van der Waals surface area contributed by atoms with Crippen LogP contribution in [0.1, 0.15) is 43.7 Å². The maximum absolute atomic E-state index is 14.3. The number of benzene rings is 4. The molecule has 4 aromatic rings. The molecule has 9 heteroatoms. The fourth-order valence-corrected chi connectivity index (χ4v) is 4.38. The summed E-state index contributed by atoms with van der Waals surface area (Å²) in [6.45, 7) is 1.49. The predicted molar refractivity (Wildman–Crippen MR) is 132 cm³/mol. The van der Waals surface area contributed by atoms with Gasteiger partial charge in [-0.05, 0) is 65.6 Å². The standard InChI is InChI=1S/C30H22F7NO/c1-19-13-14-21(15-26(19)31)27(39)38-28(18-20-7-3-2-4-8-20,22-9-5-11-24(16-22)29(32,33)34)23-10-6-12-25(17-23)30(35,36)37/h2-17H,18H2,1H3,(H,38,39). The van der Waals surface area contributed by atoms with Crippen LogP contribution in [0.5, 0.6) is 0 Å². The zero-order valence-corrected chi connectivity index (χ0v) is 20.5. The summed E-state index contributed by atoms with van der Waals surface area (Å²) in [6, 6.07) is 20.1. The summed E-state index contributed by atoms with van der Waals surface area (Å²) in [7, 11) is 0. The van der Waals surface area contributed by atoms with Crippen molar-refractivity contribution in [2.75, 3.05) is 0 Å². The second-order valence-electron chi connectivity index (χ2n) is 9.14. The molecule has 4 rings (SSSR count). The third kappa shape index (κ3) is 6.13. The lowest BCUT2D eigenvalue weighted by Gasteiger charge is -2.37. The Morgan fingerprint density at radius 2 is 1.18 bits per heavy atom. The molecule has 0 heterocycles. The van der Waals surface area contributed by atoms with Gasteiger partial charge in [0.1, 0.15) is 5.82 Å². The Morgan fingerprint density at radius 1 is 0.667 bits per heavy atom. The van der Waals surface area contributed by atoms with Crippen molar-refractivity contribution in [1.82, 2.24) is 5.32 Å². The summed E-state index contributed by atoms with van der Waals surface area (Å²) >= 11 is 0. The Morgan fingerprint density at radius 3 is 1.67 bits per heavy atom. The summed E-state index contributed by atoms with van der Waals surface area (Å²) in [4.78, 5) is 13.5. The highest BCUT2D eigenvalue weighted by molar-refractivity contribution is 5.95. The number of hydrogen-bond donors (Lipinski definition) is 1. The summed E-state index contributed by atoms with van der Waals surface area (Å²) in [5.41, 5.74) is -3.53. The first-order valence-electron chi connectivity index (χ1n) is 11.8. The number of hydrogen-bond acceptors (Lipinski definition) is 1. The molecule has 1 amide bonds. The lowest BCUT2D eigenvalue weighted by molar-refractivity contribution is -0.138. The van der Waals surface area contributed by atoms with Crippen molar-refractivity contribution in [3.05, 3.63) is 142 Å². The highest BCUT2D eigenvalue weighted by Crippen LogP contribution is 2.40. The largest absolute Gasteiger partial charge is 0.416 e. The van der Waals surface area contributed by atoms with Gasteiger partial charge in [0.2, 0.25) is 0 Å². The number of carbonyl (C=O) groups is 1. The van der Waals surface area contributed by atoms with Crippen molar-refractivity contribution in [3.8, 4) is 0 Å². The van der Waals surface area contributed by atoms with Gasteiger partial charge in [0, 0.05) is 12.0 Å². The van der Waals surface area contributed by atoms with E-state index in [1.807, 2.05) is 0 Å². The first-order valence-corrected chi connectivity index (χ1v) is 11.8. The van der Waals surface area contributed by atoms with Gasteiger partial charge in [-0.1, -0.05) is 60.7 Å². The molecule has 2 nitrogen and oxygen atoms in total. The Hall–Kier alpha value is -4.14. The molecular weight excluding hydrogens is 523 g/mol. The monoisotopic (exact) mass is 545 g/mol. The molecule has 0 saturated heterocycles. The number of rotatable bonds is 6. The molecule has 1 N–H and O–H groups in total. The molecule has 0 aromatic heterocycles. The molecule has 39 heavy (non-hydrogen) atoms. The van der Waals surface area contributed by atoms with Gasteiger partial charge in [0.15, 0.2) is 0 Å². The van der Waals surface area contributed by atoms with E-state index >= 15 is 0 Å². The number of aryl methyl sites for hydroxylation is 1. The van der Waals surface area contributed by atoms with Crippen molar-refractivity contribution in [2.24, 2.45) is 0 Å². The average molecular weight is 545 g/mol. The second-order valence-corrected chi connectivity index (χ2v) is 9.14. The first-order chi connectivity index (χ1) is 18.3. The van der Waals surface area contributed by atoms with Crippen LogP contribution in [0.25, 0.3) is 0 Å². The minimum absolute atomic E-state index is 0.0959. The minimum Gasteiger partial charge on any atom is -0.338 e. The van der Waals surface area contributed by atoms with Crippen LogP contribution in [-0.4, -0.2) is 5.91 Å². The second kappa shape index (κ2) is 10.6. The van der Waals surface area contributed by atoms with Crippen LogP contribution in [0.2, 0.25) is 0 Å². The molecule has 0 fully saturated rings. The van der Waals surface area contributed by atoms with Crippen LogP contribution in [-0.2, 0) is 24.3 Å². The van der Waals surface area contributed by atoms with E-state index in [0.717, 1.165) is 42.5 Å². The van der Waals surface area contributed by atoms with Crippen molar-refractivity contribution < 1.29 is 35.5 Å². The van der Waals surface area contributed by atoms with Gasteiger partial charge in [-0.15, -0.1) is 0 Å². The van der Waals surface area contributed by atoms with Crippen molar-refractivity contribution in [1.29, 1.82) is 0 Å². The number of carbonyl (C=O) groups excluding carboxylic acids is 1. The highest BCUT2D eigenvalue weighted by atomic mass is 19.4. The number of alkyl halides is 6. The van der Waals surface area contributed by atoms with Crippen LogP contribution in [0.15, 0.2) is 97.1 Å². The smallest absolute Gasteiger partial charge is 0.338 e. The van der Waals surface area contributed by atoms with Crippen LogP contribution in [0.4, 0.5) is 30.7 Å². The van der Waals surface area contributed by atoms with Crippen molar-refractivity contribution in [2.45, 2.75) is 31.2 Å². The van der Waals surface area contributed by atoms with Gasteiger partial charge in [0.25, 0.3) is 5.91 Å². The molecule has 0 radical (unpaired) electrons. The van der Waals surface area contributed by atoms with Gasteiger partial charge in [-0.2, -0.15) is 26.3 Å². The van der Waals surface area contributed by atoms with E-state index in [9.17, 15) is 35.5 Å². The van der Waals surface area contributed by atoms with Gasteiger partial charge >= 0.3 is 12.4 Å². The summed E-state index contributed by atoms with van der Waals surface area (Å²) in [6.07, 6.45) is -9.71. The molecule has 0 spiro atoms. The van der Waals surface area contributed by atoms with Gasteiger partial charge < -0.3 is 5.32 Å². The topological polar surface area (TPSA) is 29.1 Å². The van der Waals surface area contributed by atoms with Crippen LogP contribution in [0, 0.1) is 12.7 Å². The van der Waals surface area contributed by atoms with Crippen LogP contribution >= 0.6 is 0 Å². The average Bonchev–Trinajstić information content (AvgIpc) is 2.89. The molecular formula is C30H22F7NO. The zero-order valence-electron chi connectivity index (χ0n) is 20.5. The lowest BCUT2D eigenvalue weighted by Crippen LogP contribution is -2.49. The van der Waals surface area contributed by atoms with E-state index in [0.29, 0.717) is 5.56 Å². The van der Waals surface area contributed by atoms with Gasteiger partial charge in [-0.3, -0.25) is 4.79 Å². The van der Waals surface area contributed by atoms with E-state index in [2.05, 4.69) is 5.32 Å². The SMILES string of the molecule is Cc1ccc(C(=O)NC(Cc2ccccc2)(c2cccc(C(F)(F)F)c2)c2cccc(C(F)(F)F)c2)cc1F. The van der Waals surface area contributed by atoms with E-state index in [-0.39, 0.29) is 28.7 Å². The van der Waals surface area contributed by atoms with Crippen LogP contribution < -0.4 is 5.32 Å². The molecule has 0 bridgehead atoms. The molecule has 4 aromatic carbocycles. The van der Waals surface area contributed by atoms with Crippen molar-refractivity contribution >= 4 is 5.91 Å². The van der Waals surface area contributed by atoms with Gasteiger partial charge in [-0.25, -0.2) is 4.39 Å². The van der Waals surface area contributed by atoms with Crippen LogP contribution in [0.3, 0.4) is 0 Å². The molecule has 0 aliphatic rings. The maximum Gasteiger partial charge on any atom is 0.416 e. The third-order valence-electron chi connectivity index (χ3n) is 6.44. The lowest BCUT2D eigenvalue weighted by atomic mass is 9.76. The van der Waals surface area contributed by atoms with Crippen molar-refractivity contribution in [3.63, 3.8) is 0 Å².